The third-order valence-corrected chi connectivity index (χ3v) is 2.56. The molecule has 0 saturated heterocycles. The smallest absolute Gasteiger partial charge is 0.316 e. The van der Waals surface area contributed by atoms with Crippen molar-refractivity contribution in [2.45, 2.75) is 26.8 Å². The number of amides is 3. The molecule has 0 bridgehead atoms. The van der Waals surface area contributed by atoms with Gasteiger partial charge in [-0.1, -0.05) is 26.0 Å². The molecule has 1 atom stereocenters. The Morgan fingerprint density at radius 1 is 1.11 bits per heavy atom. The SMILES string of the molecule is CC(C)C(=O)NC(C)c1ccc(NC(N)=O)cc1. The average molecular weight is 249 g/mol. The average Bonchev–Trinajstić information content (AvgIpc) is 2.28. The van der Waals surface area contributed by atoms with Gasteiger partial charge in [-0.25, -0.2) is 4.79 Å². The molecule has 0 fully saturated rings. The van der Waals surface area contributed by atoms with Crippen molar-refractivity contribution >= 4 is 17.6 Å². The first-order valence-corrected chi connectivity index (χ1v) is 5.87. The Kier molecular flexibility index (Phi) is 4.71. The number of carbonyl (C=O) groups excluding carboxylic acids is 2. The summed E-state index contributed by atoms with van der Waals surface area (Å²) in [5, 5.41) is 5.39. The van der Waals surface area contributed by atoms with Crippen molar-refractivity contribution in [3.63, 3.8) is 0 Å². The van der Waals surface area contributed by atoms with Crippen LogP contribution >= 0.6 is 0 Å². The first kappa shape index (κ1) is 14.0. The predicted molar refractivity (Wildman–Crippen MR) is 71.0 cm³/mol. The molecule has 0 heterocycles. The molecule has 1 unspecified atom stereocenters. The summed E-state index contributed by atoms with van der Waals surface area (Å²) >= 11 is 0. The molecule has 4 N–H and O–H groups in total. The van der Waals surface area contributed by atoms with Crippen LogP contribution in [0, 0.1) is 5.92 Å². The van der Waals surface area contributed by atoms with E-state index in [9.17, 15) is 9.59 Å². The van der Waals surface area contributed by atoms with Gasteiger partial charge < -0.3 is 16.4 Å². The molecular weight excluding hydrogens is 230 g/mol. The van der Waals surface area contributed by atoms with E-state index in [1.807, 2.05) is 32.9 Å². The predicted octanol–water partition coefficient (Wildman–Crippen LogP) is 2.01. The van der Waals surface area contributed by atoms with Crippen LogP contribution in [0.3, 0.4) is 0 Å². The van der Waals surface area contributed by atoms with Gasteiger partial charge in [0, 0.05) is 11.6 Å². The third kappa shape index (κ3) is 4.08. The molecule has 0 aliphatic carbocycles. The Labute approximate surface area is 107 Å². The lowest BCUT2D eigenvalue weighted by Crippen LogP contribution is -2.30. The summed E-state index contributed by atoms with van der Waals surface area (Å²) in [6.45, 7) is 5.61. The highest BCUT2D eigenvalue weighted by molar-refractivity contribution is 5.87. The number of anilines is 1. The van der Waals surface area contributed by atoms with Gasteiger partial charge in [-0.05, 0) is 24.6 Å². The summed E-state index contributed by atoms with van der Waals surface area (Å²) in [4.78, 5) is 22.2. The standard InChI is InChI=1S/C13H19N3O2/c1-8(2)12(17)15-9(3)10-4-6-11(7-5-10)16-13(14)18/h4-9H,1-3H3,(H,15,17)(H3,14,16,18). The lowest BCUT2D eigenvalue weighted by atomic mass is 10.1. The van der Waals surface area contributed by atoms with Crippen molar-refractivity contribution in [2.75, 3.05) is 5.32 Å². The zero-order chi connectivity index (χ0) is 13.7. The van der Waals surface area contributed by atoms with E-state index >= 15 is 0 Å². The van der Waals surface area contributed by atoms with Gasteiger partial charge in [0.05, 0.1) is 6.04 Å². The zero-order valence-electron chi connectivity index (χ0n) is 10.9. The minimum atomic E-state index is -0.594. The molecule has 5 nitrogen and oxygen atoms in total. The summed E-state index contributed by atoms with van der Waals surface area (Å²) in [6, 6.07) is 6.52. The topological polar surface area (TPSA) is 84.2 Å². The Morgan fingerprint density at radius 2 is 1.67 bits per heavy atom. The number of nitrogens with two attached hydrogens (primary N) is 1. The van der Waals surface area contributed by atoms with Crippen molar-refractivity contribution in [3.05, 3.63) is 29.8 Å². The number of hydrogen-bond donors (Lipinski definition) is 3. The summed E-state index contributed by atoms with van der Waals surface area (Å²) in [5.74, 6) is -0.0231. The maximum absolute atomic E-state index is 11.6. The van der Waals surface area contributed by atoms with E-state index in [0.717, 1.165) is 5.56 Å². The lowest BCUT2D eigenvalue weighted by molar-refractivity contribution is -0.124. The Bertz CT molecular complexity index is 426. The molecule has 1 rings (SSSR count). The fourth-order valence-corrected chi connectivity index (χ4v) is 1.46. The number of nitrogens with one attached hydrogen (secondary N) is 2. The summed E-state index contributed by atoms with van der Waals surface area (Å²) in [5.41, 5.74) is 6.62. The van der Waals surface area contributed by atoms with Gasteiger partial charge in [-0.15, -0.1) is 0 Å². The fraction of sp³-hybridized carbons (Fsp3) is 0.385. The van der Waals surface area contributed by atoms with Gasteiger partial charge in [0.2, 0.25) is 5.91 Å². The van der Waals surface area contributed by atoms with Gasteiger partial charge in [0.25, 0.3) is 0 Å². The first-order valence-electron chi connectivity index (χ1n) is 5.87. The van der Waals surface area contributed by atoms with Crippen LogP contribution in [0.1, 0.15) is 32.4 Å². The highest BCUT2D eigenvalue weighted by atomic mass is 16.2. The summed E-state index contributed by atoms with van der Waals surface area (Å²) in [7, 11) is 0. The van der Waals surface area contributed by atoms with Crippen molar-refractivity contribution in [1.82, 2.24) is 5.32 Å². The zero-order valence-corrected chi connectivity index (χ0v) is 10.9. The molecule has 0 radical (unpaired) electrons. The first-order chi connectivity index (χ1) is 8.40. The highest BCUT2D eigenvalue weighted by Crippen LogP contribution is 2.16. The van der Waals surface area contributed by atoms with Crippen molar-refractivity contribution in [3.8, 4) is 0 Å². The van der Waals surface area contributed by atoms with Crippen LogP contribution in [-0.4, -0.2) is 11.9 Å². The van der Waals surface area contributed by atoms with Crippen LogP contribution in [0.25, 0.3) is 0 Å². The molecule has 3 amide bonds. The van der Waals surface area contributed by atoms with Gasteiger partial charge in [0.15, 0.2) is 0 Å². The largest absolute Gasteiger partial charge is 0.351 e. The number of primary amides is 1. The van der Waals surface area contributed by atoms with Gasteiger partial charge in [0.1, 0.15) is 0 Å². The van der Waals surface area contributed by atoms with Crippen molar-refractivity contribution in [2.24, 2.45) is 11.7 Å². The van der Waals surface area contributed by atoms with Crippen LogP contribution in [0.5, 0.6) is 0 Å². The maximum Gasteiger partial charge on any atom is 0.316 e. The Balaban J connectivity index is 2.67. The van der Waals surface area contributed by atoms with Crippen LogP contribution < -0.4 is 16.4 Å². The lowest BCUT2D eigenvalue weighted by Gasteiger charge is -2.16. The number of rotatable bonds is 4. The third-order valence-electron chi connectivity index (χ3n) is 2.56. The van der Waals surface area contributed by atoms with E-state index in [1.165, 1.54) is 0 Å². The quantitative estimate of drug-likeness (QED) is 0.762. The second kappa shape index (κ2) is 6.05. The van der Waals surface area contributed by atoms with E-state index < -0.39 is 6.03 Å². The van der Waals surface area contributed by atoms with Gasteiger partial charge in [-0.2, -0.15) is 0 Å². The van der Waals surface area contributed by atoms with Crippen molar-refractivity contribution < 1.29 is 9.59 Å². The molecule has 18 heavy (non-hydrogen) atoms. The maximum atomic E-state index is 11.6. The fourth-order valence-electron chi connectivity index (χ4n) is 1.46. The van der Waals surface area contributed by atoms with Gasteiger partial charge >= 0.3 is 6.03 Å². The number of hydrogen-bond acceptors (Lipinski definition) is 2. The molecule has 0 saturated carbocycles. The van der Waals surface area contributed by atoms with E-state index in [0.29, 0.717) is 5.69 Å². The number of benzene rings is 1. The molecule has 1 aromatic rings. The summed E-state index contributed by atoms with van der Waals surface area (Å²) < 4.78 is 0. The normalized spacial score (nSPS) is 12.0. The highest BCUT2D eigenvalue weighted by Gasteiger charge is 2.12. The molecular formula is C13H19N3O2. The van der Waals surface area contributed by atoms with Gasteiger partial charge in [-0.3, -0.25) is 4.79 Å². The molecule has 0 aliphatic heterocycles. The molecule has 0 aromatic heterocycles. The molecule has 0 aliphatic rings. The van der Waals surface area contributed by atoms with Crippen LogP contribution in [0.4, 0.5) is 10.5 Å². The van der Waals surface area contributed by atoms with Crippen LogP contribution in [0.2, 0.25) is 0 Å². The molecule has 0 spiro atoms. The molecule has 98 valence electrons. The van der Waals surface area contributed by atoms with E-state index in [4.69, 9.17) is 5.73 Å². The summed E-state index contributed by atoms with van der Waals surface area (Å²) in [6.07, 6.45) is 0. The minimum Gasteiger partial charge on any atom is -0.351 e. The van der Waals surface area contributed by atoms with Crippen LogP contribution in [0.15, 0.2) is 24.3 Å². The second-order valence-electron chi connectivity index (χ2n) is 4.50. The minimum absolute atomic E-state index is 0.0156. The molecule has 1 aromatic carbocycles. The molecule has 5 heteroatoms. The van der Waals surface area contributed by atoms with Crippen LogP contribution in [-0.2, 0) is 4.79 Å². The Hall–Kier alpha value is -2.04. The van der Waals surface area contributed by atoms with Crippen molar-refractivity contribution in [1.29, 1.82) is 0 Å². The number of carbonyl (C=O) groups is 2. The van der Waals surface area contributed by atoms with E-state index in [2.05, 4.69) is 10.6 Å². The van der Waals surface area contributed by atoms with E-state index in [-0.39, 0.29) is 17.9 Å². The monoisotopic (exact) mass is 249 g/mol. The van der Waals surface area contributed by atoms with E-state index in [1.54, 1.807) is 12.1 Å². The second-order valence-corrected chi connectivity index (χ2v) is 4.50. The number of urea groups is 1. The Morgan fingerprint density at radius 3 is 2.11 bits per heavy atom.